The Labute approximate surface area is 128 Å². The molecule has 0 spiro atoms. The fraction of sp³-hybridized carbons (Fsp3) is 0.143. The van der Waals surface area contributed by atoms with E-state index < -0.39 is 0 Å². The topological polar surface area (TPSA) is 0 Å². The average molecular weight is 274 g/mol. The summed E-state index contributed by atoms with van der Waals surface area (Å²) in [6.45, 7) is 2.12. The Balaban J connectivity index is 0.00000161. The first kappa shape index (κ1) is 15.1. The van der Waals surface area contributed by atoms with Gasteiger partial charge in [-0.1, -0.05) is 91.9 Å². The normalized spacial score (nSPS) is 13.3. The molecule has 0 amide bonds. The lowest BCUT2D eigenvalue weighted by molar-refractivity contribution is 1.40. The number of rotatable bonds is 2. The van der Waals surface area contributed by atoms with Crippen molar-refractivity contribution in [1.29, 1.82) is 0 Å². The lowest BCUT2D eigenvalue weighted by Crippen LogP contribution is -1.83. The van der Waals surface area contributed by atoms with Crippen molar-refractivity contribution in [3.8, 4) is 11.1 Å². The Kier molecular flexibility index (Phi) is 4.94. The quantitative estimate of drug-likeness (QED) is 0.611. The van der Waals surface area contributed by atoms with Crippen molar-refractivity contribution < 1.29 is 0 Å². The minimum absolute atomic E-state index is 0. The highest BCUT2D eigenvalue weighted by molar-refractivity contribution is 5.76. The molecule has 0 aliphatic heterocycles. The highest BCUT2D eigenvalue weighted by Crippen LogP contribution is 2.24. The van der Waals surface area contributed by atoms with E-state index in [4.69, 9.17) is 0 Å². The van der Waals surface area contributed by atoms with Gasteiger partial charge < -0.3 is 0 Å². The molecule has 0 N–H and O–H groups in total. The van der Waals surface area contributed by atoms with Crippen LogP contribution in [0.5, 0.6) is 0 Å². The molecule has 0 heteroatoms. The Bertz CT molecular complexity index is 665. The second-order valence-corrected chi connectivity index (χ2v) is 5.13. The van der Waals surface area contributed by atoms with E-state index in [0.717, 1.165) is 6.42 Å². The predicted molar refractivity (Wildman–Crippen MR) is 94.2 cm³/mol. The van der Waals surface area contributed by atoms with Crippen LogP contribution in [0.4, 0.5) is 0 Å². The van der Waals surface area contributed by atoms with E-state index >= 15 is 0 Å². The monoisotopic (exact) mass is 274 g/mol. The van der Waals surface area contributed by atoms with Gasteiger partial charge in [-0.05, 0) is 35.6 Å². The molecule has 0 atom stereocenters. The van der Waals surface area contributed by atoms with E-state index in [0.29, 0.717) is 0 Å². The van der Waals surface area contributed by atoms with E-state index in [1.54, 1.807) is 0 Å². The van der Waals surface area contributed by atoms with Crippen LogP contribution in [-0.2, 0) is 0 Å². The third-order valence-electron chi connectivity index (χ3n) is 3.60. The molecule has 1 aliphatic rings. The molecule has 2 aromatic carbocycles. The molecule has 0 aromatic heterocycles. The van der Waals surface area contributed by atoms with E-state index in [-0.39, 0.29) is 7.43 Å². The van der Waals surface area contributed by atoms with Gasteiger partial charge in [-0.25, -0.2) is 0 Å². The van der Waals surface area contributed by atoms with E-state index in [1.165, 1.54) is 27.8 Å². The Morgan fingerprint density at radius 2 is 1.29 bits per heavy atom. The number of allylic oxidation sites excluding steroid dienone is 6. The van der Waals surface area contributed by atoms with Crippen LogP contribution in [-0.4, -0.2) is 0 Å². The molecule has 0 heterocycles. The molecule has 0 fully saturated rings. The van der Waals surface area contributed by atoms with Crippen molar-refractivity contribution in [3.63, 3.8) is 0 Å². The van der Waals surface area contributed by atoms with Gasteiger partial charge >= 0.3 is 0 Å². The van der Waals surface area contributed by atoms with Gasteiger partial charge in [0.25, 0.3) is 0 Å². The molecule has 0 bridgehead atoms. The first-order chi connectivity index (χ1) is 9.83. The van der Waals surface area contributed by atoms with Crippen LogP contribution < -0.4 is 0 Å². The van der Waals surface area contributed by atoms with Crippen LogP contribution in [0, 0.1) is 6.92 Å². The van der Waals surface area contributed by atoms with Crippen LogP contribution in [0.3, 0.4) is 0 Å². The molecular formula is C21H22. The van der Waals surface area contributed by atoms with Crippen LogP contribution in [0.1, 0.15) is 25.0 Å². The van der Waals surface area contributed by atoms with Gasteiger partial charge in [-0.15, -0.1) is 0 Å². The fourth-order valence-electron chi connectivity index (χ4n) is 2.39. The number of aryl methyl sites for hydroxylation is 1. The summed E-state index contributed by atoms with van der Waals surface area (Å²) >= 11 is 0. The Morgan fingerprint density at radius 1 is 0.714 bits per heavy atom. The number of hydrogen-bond donors (Lipinski definition) is 0. The van der Waals surface area contributed by atoms with Gasteiger partial charge in [0, 0.05) is 0 Å². The first-order valence-corrected chi connectivity index (χ1v) is 7.04. The maximum atomic E-state index is 2.26. The minimum Gasteiger partial charge on any atom is -0.0807 e. The summed E-state index contributed by atoms with van der Waals surface area (Å²) in [5.41, 5.74) is 6.41. The van der Waals surface area contributed by atoms with Crippen molar-refractivity contribution in [2.45, 2.75) is 20.8 Å². The van der Waals surface area contributed by atoms with Crippen LogP contribution in [0.25, 0.3) is 16.7 Å². The summed E-state index contributed by atoms with van der Waals surface area (Å²) in [6, 6.07) is 17.5. The highest BCUT2D eigenvalue weighted by atomic mass is 14.1. The molecule has 0 nitrogen and oxygen atoms in total. The Hall–Kier alpha value is -2.34. The van der Waals surface area contributed by atoms with Gasteiger partial charge in [-0.3, -0.25) is 0 Å². The Morgan fingerprint density at radius 3 is 1.95 bits per heavy atom. The first-order valence-electron chi connectivity index (χ1n) is 7.04. The number of benzene rings is 2. The van der Waals surface area contributed by atoms with Crippen LogP contribution in [0.2, 0.25) is 0 Å². The SMILES string of the molecule is C.Cc1ccc(-c2ccc(C3=CCC=CC=C3)cc2)cc1. The van der Waals surface area contributed by atoms with Crippen LogP contribution >= 0.6 is 0 Å². The molecule has 1 aliphatic carbocycles. The van der Waals surface area contributed by atoms with Crippen molar-refractivity contribution >= 4 is 5.57 Å². The smallest absolute Gasteiger partial charge is 0.0157 e. The molecule has 0 saturated heterocycles. The van der Waals surface area contributed by atoms with Gasteiger partial charge in [0.15, 0.2) is 0 Å². The number of hydrogen-bond acceptors (Lipinski definition) is 0. The van der Waals surface area contributed by atoms with E-state index in [9.17, 15) is 0 Å². The zero-order chi connectivity index (χ0) is 13.8. The molecular weight excluding hydrogens is 252 g/mol. The average Bonchev–Trinajstić information content (AvgIpc) is 2.77. The summed E-state index contributed by atoms with van der Waals surface area (Å²) in [5.74, 6) is 0. The maximum Gasteiger partial charge on any atom is -0.0157 e. The fourth-order valence-corrected chi connectivity index (χ4v) is 2.39. The molecule has 106 valence electrons. The second kappa shape index (κ2) is 6.90. The van der Waals surface area contributed by atoms with Crippen molar-refractivity contribution in [2.75, 3.05) is 0 Å². The zero-order valence-electron chi connectivity index (χ0n) is 11.7. The maximum absolute atomic E-state index is 2.26. The standard InChI is InChI=1S/C20H18.CH4/c1-16-8-10-18(11-9-16)20-14-12-19(13-15-20)17-6-4-2-3-5-7-17;/h2-4,6-15H,5H2,1H3;1H4. The predicted octanol–water partition coefficient (Wildman–Crippen LogP) is 6.20. The summed E-state index contributed by atoms with van der Waals surface area (Å²) in [4.78, 5) is 0. The zero-order valence-corrected chi connectivity index (χ0v) is 11.7. The lowest BCUT2D eigenvalue weighted by Gasteiger charge is -2.06. The largest absolute Gasteiger partial charge is 0.0807 e. The van der Waals surface area contributed by atoms with Crippen molar-refractivity contribution in [2.24, 2.45) is 0 Å². The van der Waals surface area contributed by atoms with Crippen molar-refractivity contribution in [1.82, 2.24) is 0 Å². The molecule has 0 unspecified atom stereocenters. The molecule has 3 rings (SSSR count). The summed E-state index contributed by atoms with van der Waals surface area (Å²) in [5, 5.41) is 0. The van der Waals surface area contributed by atoms with Gasteiger partial charge in [-0.2, -0.15) is 0 Å². The molecule has 0 saturated carbocycles. The van der Waals surface area contributed by atoms with Gasteiger partial charge in [0.05, 0.1) is 0 Å². The second-order valence-electron chi connectivity index (χ2n) is 5.13. The van der Waals surface area contributed by atoms with Gasteiger partial charge in [0.2, 0.25) is 0 Å². The lowest BCUT2D eigenvalue weighted by atomic mass is 9.99. The summed E-state index contributed by atoms with van der Waals surface area (Å²) < 4.78 is 0. The highest BCUT2D eigenvalue weighted by Gasteiger charge is 2.01. The summed E-state index contributed by atoms with van der Waals surface area (Å²) in [6.07, 6.45) is 11.8. The molecule has 0 radical (unpaired) electrons. The molecule has 2 aromatic rings. The van der Waals surface area contributed by atoms with Gasteiger partial charge in [0.1, 0.15) is 0 Å². The third kappa shape index (κ3) is 3.61. The molecule has 21 heavy (non-hydrogen) atoms. The van der Waals surface area contributed by atoms with E-state index in [2.05, 4.69) is 85.8 Å². The minimum atomic E-state index is 0. The third-order valence-corrected chi connectivity index (χ3v) is 3.60. The van der Waals surface area contributed by atoms with Crippen LogP contribution in [0.15, 0.2) is 78.9 Å². The van der Waals surface area contributed by atoms with E-state index in [1.807, 2.05) is 0 Å². The summed E-state index contributed by atoms with van der Waals surface area (Å²) in [7, 11) is 0. The van der Waals surface area contributed by atoms with Crippen molar-refractivity contribution in [3.05, 3.63) is 90.0 Å².